The maximum Gasteiger partial charge on any atom is 0.253 e. The van der Waals surface area contributed by atoms with Crippen LogP contribution in [-0.4, -0.2) is 36.0 Å². The van der Waals surface area contributed by atoms with Crippen LogP contribution in [0.15, 0.2) is 48.5 Å². The Kier molecular flexibility index (Phi) is 4.37. The zero-order valence-corrected chi connectivity index (χ0v) is 14.7. The molecule has 0 atom stereocenters. The van der Waals surface area contributed by atoms with E-state index in [4.69, 9.17) is 4.74 Å². The van der Waals surface area contributed by atoms with Gasteiger partial charge in [-0.3, -0.25) is 4.79 Å². The van der Waals surface area contributed by atoms with Crippen LogP contribution in [0.2, 0.25) is 0 Å². The molecule has 1 aliphatic heterocycles. The van der Waals surface area contributed by atoms with Crippen molar-refractivity contribution in [2.75, 3.05) is 20.2 Å². The second-order valence-corrected chi connectivity index (χ2v) is 6.75. The van der Waals surface area contributed by atoms with Crippen LogP contribution in [0.1, 0.15) is 34.8 Å². The molecule has 4 nitrogen and oxygen atoms in total. The zero-order chi connectivity index (χ0) is 18.1. The second-order valence-electron chi connectivity index (χ2n) is 6.75. The maximum absolute atomic E-state index is 13.0. The largest absolute Gasteiger partial charge is 0.497 e. The fraction of sp³-hybridized carbons (Fsp3) is 0.286. The van der Waals surface area contributed by atoms with E-state index in [0.717, 1.165) is 29.5 Å². The molecular weight excluding hydrogens is 331 g/mol. The SMILES string of the molecule is COc1ccc2[nH]c(C3CCN(C(=O)c4ccc(F)cc4)CC3)cc2c1. The number of rotatable bonds is 3. The lowest BCUT2D eigenvalue weighted by atomic mass is 9.93. The molecule has 1 aliphatic rings. The minimum Gasteiger partial charge on any atom is -0.497 e. The predicted octanol–water partition coefficient (Wildman–Crippen LogP) is 4.34. The maximum atomic E-state index is 13.0. The third-order valence-electron chi connectivity index (χ3n) is 5.16. The van der Waals surface area contributed by atoms with E-state index in [1.807, 2.05) is 23.1 Å². The Morgan fingerprint density at radius 3 is 2.54 bits per heavy atom. The van der Waals surface area contributed by atoms with Crippen LogP contribution in [0.25, 0.3) is 10.9 Å². The summed E-state index contributed by atoms with van der Waals surface area (Å²) in [6.07, 6.45) is 1.83. The van der Waals surface area contributed by atoms with E-state index in [2.05, 4.69) is 11.1 Å². The Balaban J connectivity index is 1.44. The third-order valence-corrected chi connectivity index (χ3v) is 5.16. The van der Waals surface area contributed by atoms with Crippen LogP contribution in [0.3, 0.4) is 0 Å². The number of aromatic nitrogens is 1. The first-order chi connectivity index (χ1) is 12.6. The Labute approximate surface area is 151 Å². The number of H-pyrrole nitrogens is 1. The van der Waals surface area contributed by atoms with Gasteiger partial charge in [-0.15, -0.1) is 0 Å². The van der Waals surface area contributed by atoms with Crippen LogP contribution in [-0.2, 0) is 0 Å². The van der Waals surface area contributed by atoms with Gasteiger partial charge in [-0.2, -0.15) is 0 Å². The van der Waals surface area contributed by atoms with Crippen molar-refractivity contribution in [1.29, 1.82) is 0 Å². The Bertz CT molecular complexity index is 925. The molecule has 1 aromatic heterocycles. The van der Waals surface area contributed by atoms with Gasteiger partial charge >= 0.3 is 0 Å². The number of piperidine rings is 1. The van der Waals surface area contributed by atoms with Crippen molar-refractivity contribution < 1.29 is 13.9 Å². The molecule has 1 N–H and O–H groups in total. The normalized spacial score (nSPS) is 15.4. The summed E-state index contributed by atoms with van der Waals surface area (Å²) >= 11 is 0. The summed E-state index contributed by atoms with van der Waals surface area (Å²) in [5.74, 6) is 0.911. The molecule has 3 aromatic rings. The van der Waals surface area contributed by atoms with Gasteiger partial charge in [0.15, 0.2) is 0 Å². The molecule has 0 bridgehead atoms. The number of likely N-dealkylation sites (tertiary alicyclic amines) is 1. The molecular formula is C21H21FN2O2. The lowest BCUT2D eigenvalue weighted by molar-refractivity contribution is 0.0712. The van der Waals surface area contributed by atoms with Gasteiger partial charge in [0, 0.05) is 41.2 Å². The van der Waals surface area contributed by atoms with Crippen LogP contribution in [0.5, 0.6) is 5.75 Å². The number of carbonyl (C=O) groups excluding carboxylic acids is 1. The molecule has 0 aliphatic carbocycles. The van der Waals surface area contributed by atoms with E-state index in [9.17, 15) is 9.18 Å². The van der Waals surface area contributed by atoms with E-state index < -0.39 is 0 Å². The summed E-state index contributed by atoms with van der Waals surface area (Å²) in [4.78, 5) is 17.9. The number of aromatic amines is 1. The Morgan fingerprint density at radius 1 is 1.12 bits per heavy atom. The topological polar surface area (TPSA) is 45.3 Å². The van der Waals surface area contributed by atoms with Gasteiger partial charge in [-0.25, -0.2) is 4.39 Å². The lowest BCUT2D eigenvalue weighted by Crippen LogP contribution is -2.38. The lowest BCUT2D eigenvalue weighted by Gasteiger charge is -2.31. The number of hydrogen-bond acceptors (Lipinski definition) is 2. The molecule has 4 rings (SSSR count). The van der Waals surface area contributed by atoms with Crippen LogP contribution < -0.4 is 4.74 Å². The van der Waals surface area contributed by atoms with Crippen LogP contribution in [0.4, 0.5) is 4.39 Å². The Hall–Kier alpha value is -2.82. The summed E-state index contributed by atoms with van der Waals surface area (Å²) < 4.78 is 18.3. The molecule has 134 valence electrons. The smallest absolute Gasteiger partial charge is 0.253 e. The number of fused-ring (bicyclic) bond motifs is 1. The highest BCUT2D eigenvalue weighted by Crippen LogP contribution is 2.31. The molecule has 1 fully saturated rings. The summed E-state index contributed by atoms with van der Waals surface area (Å²) in [7, 11) is 1.67. The van der Waals surface area contributed by atoms with E-state index in [1.54, 1.807) is 19.2 Å². The summed E-state index contributed by atoms with van der Waals surface area (Å²) in [5, 5.41) is 1.14. The average molecular weight is 352 g/mol. The predicted molar refractivity (Wildman–Crippen MR) is 99.1 cm³/mol. The highest BCUT2D eigenvalue weighted by atomic mass is 19.1. The first-order valence-corrected chi connectivity index (χ1v) is 8.85. The number of carbonyl (C=O) groups is 1. The fourth-order valence-electron chi connectivity index (χ4n) is 3.65. The zero-order valence-electron chi connectivity index (χ0n) is 14.7. The quantitative estimate of drug-likeness (QED) is 0.762. The van der Waals surface area contributed by atoms with Crippen molar-refractivity contribution in [2.24, 2.45) is 0 Å². The van der Waals surface area contributed by atoms with Gasteiger partial charge in [-0.1, -0.05) is 0 Å². The van der Waals surface area contributed by atoms with Gasteiger partial charge < -0.3 is 14.6 Å². The number of benzene rings is 2. The van der Waals surface area contributed by atoms with Crippen molar-refractivity contribution in [3.05, 3.63) is 65.6 Å². The third kappa shape index (κ3) is 3.17. The van der Waals surface area contributed by atoms with Crippen LogP contribution in [0, 0.1) is 5.82 Å². The first-order valence-electron chi connectivity index (χ1n) is 8.85. The fourth-order valence-corrected chi connectivity index (χ4v) is 3.65. The van der Waals surface area contributed by atoms with Crippen molar-refractivity contribution in [1.82, 2.24) is 9.88 Å². The molecule has 2 heterocycles. The molecule has 5 heteroatoms. The molecule has 0 unspecified atom stereocenters. The average Bonchev–Trinajstić information content (AvgIpc) is 3.11. The number of ether oxygens (including phenoxy) is 1. The van der Waals surface area contributed by atoms with E-state index in [0.29, 0.717) is 24.6 Å². The molecule has 1 amide bonds. The van der Waals surface area contributed by atoms with Gasteiger partial charge in [0.25, 0.3) is 5.91 Å². The summed E-state index contributed by atoms with van der Waals surface area (Å²) in [6.45, 7) is 1.42. The summed E-state index contributed by atoms with van der Waals surface area (Å²) in [5.41, 5.74) is 2.86. The molecule has 26 heavy (non-hydrogen) atoms. The number of nitrogens with one attached hydrogen (secondary N) is 1. The monoisotopic (exact) mass is 352 g/mol. The summed E-state index contributed by atoms with van der Waals surface area (Å²) in [6, 6.07) is 14.0. The van der Waals surface area contributed by atoms with E-state index in [-0.39, 0.29) is 11.7 Å². The molecule has 2 aromatic carbocycles. The highest BCUT2D eigenvalue weighted by molar-refractivity contribution is 5.94. The van der Waals surface area contributed by atoms with Gasteiger partial charge in [-0.05, 0) is 61.4 Å². The van der Waals surface area contributed by atoms with Crippen molar-refractivity contribution in [3.8, 4) is 5.75 Å². The van der Waals surface area contributed by atoms with Gasteiger partial charge in [0.1, 0.15) is 11.6 Å². The minimum atomic E-state index is -0.323. The second kappa shape index (κ2) is 6.83. The van der Waals surface area contributed by atoms with Crippen LogP contribution >= 0.6 is 0 Å². The molecule has 0 spiro atoms. The van der Waals surface area contributed by atoms with Gasteiger partial charge in [0.05, 0.1) is 7.11 Å². The minimum absolute atomic E-state index is 0.0233. The number of hydrogen-bond donors (Lipinski definition) is 1. The standard InChI is InChI=1S/C21H21FN2O2/c1-26-18-6-7-19-16(12-18)13-20(23-19)14-8-10-24(11-9-14)21(25)15-2-4-17(22)5-3-15/h2-7,12-14,23H,8-11H2,1H3. The molecule has 0 radical (unpaired) electrons. The highest BCUT2D eigenvalue weighted by Gasteiger charge is 2.25. The molecule has 1 saturated heterocycles. The Morgan fingerprint density at radius 2 is 1.85 bits per heavy atom. The van der Waals surface area contributed by atoms with E-state index >= 15 is 0 Å². The number of amides is 1. The number of nitrogens with zero attached hydrogens (tertiary/aromatic N) is 1. The first kappa shape index (κ1) is 16.6. The molecule has 0 saturated carbocycles. The number of methoxy groups -OCH3 is 1. The van der Waals surface area contributed by atoms with Crippen molar-refractivity contribution >= 4 is 16.8 Å². The van der Waals surface area contributed by atoms with Crippen molar-refractivity contribution in [2.45, 2.75) is 18.8 Å². The van der Waals surface area contributed by atoms with Gasteiger partial charge in [0.2, 0.25) is 0 Å². The number of halogens is 1. The van der Waals surface area contributed by atoms with Crippen molar-refractivity contribution in [3.63, 3.8) is 0 Å². The van der Waals surface area contributed by atoms with E-state index in [1.165, 1.54) is 17.8 Å².